The highest BCUT2D eigenvalue weighted by atomic mass is 32.4. The maximum absolute atomic E-state index is 5.75. The summed E-state index contributed by atoms with van der Waals surface area (Å²) in [5.74, 6) is 0. The van der Waals surface area contributed by atoms with Crippen LogP contribution in [0.2, 0.25) is 0 Å². The maximum Gasteiger partial charge on any atom is 0.145 e. The number of nitrogens with zero attached hydrogens (tertiary/aromatic N) is 3. The van der Waals surface area contributed by atoms with Crippen LogP contribution in [-0.4, -0.2) is 66.4 Å². The van der Waals surface area contributed by atoms with Crippen molar-refractivity contribution in [2.24, 2.45) is 0 Å². The third-order valence-corrected chi connectivity index (χ3v) is 8.12. The third kappa shape index (κ3) is 2.03. The van der Waals surface area contributed by atoms with E-state index in [0.29, 0.717) is 0 Å². The number of hydrogen-bond acceptors (Lipinski definition) is 2. The zero-order valence-corrected chi connectivity index (χ0v) is 10.1. The summed E-state index contributed by atoms with van der Waals surface area (Å²) in [6.45, 7) is 8.76. The lowest BCUT2D eigenvalue weighted by molar-refractivity contribution is 0.697. The lowest BCUT2D eigenvalue weighted by Gasteiger charge is -2.25. The van der Waals surface area contributed by atoms with Gasteiger partial charge in [0.15, 0.2) is 0 Å². The van der Waals surface area contributed by atoms with Crippen molar-refractivity contribution in [3.05, 3.63) is 0 Å². The zero-order chi connectivity index (χ0) is 9.60. The van der Waals surface area contributed by atoms with Gasteiger partial charge in [-0.25, -0.2) is 14.0 Å². The molecule has 4 nitrogen and oxygen atoms in total. The Morgan fingerprint density at radius 3 is 1.21 bits per heavy atom. The van der Waals surface area contributed by atoms with Gasteiger partial charge in [-0.05, 0) is 11.8 Å². The van der Waals surface area contributed by atoms with Crippen LogP contribution in [0.1, 0.15) is 0 Å². The van der Waals surface area contributed by atoms with E-state index in [9.17, 15) is 0 Å². The minimum absolute atomic E-state index is 1.25. The van der Waals surface area contributed by atoms with Crippen LogP contribution in [0.3, 0.4) is 0 Å². The lowest BCUT2D eigenvalue weighted by atomic mass is 11.0. The van der Waals surface area contributed by atoms with E-state index < -0.39 is 6.49 Å². The Morgan fingerprint density at radius 2 is 1.07 bits per heavy atom. The number of rotatable bonds is 3. The van der Waals surface area contributed by atoms with E-state index in [2.05, 4.69) is 19.3 Å². The molecule has 4 saturated heterocycles. The normalized spacial score (nSPS) is 30.6. The SMILES string of the molecule is C1CN1.S=P(N1CC1)(N1CC1)N1CC1. The van der Waals surface area contributed by atoms with Gasteiger partial charge in [0.25, 0.3) is 0 Å². The molecule has 0 aromatic carbocycles. The molecule has 1 N–H and O–H groups in total. The van der Waals surface area contributed by atoms with E-state index in [1.54, 1.807) is 0 Å². The van der Waals surface area contributed by atoms with E-state index in [4.69, 9.17) is 11.8 Å². The molecule has 0 aliphatic carbocycles. The molecule has 0 atom stereocenters. The first-order valence-corrected chi connectivity index (χ1v) is 8.05. The highest BCUT2D eigenvalue weighted by Crippen LogP contribution is 2.65. The first-order chi connectivity index (χ1) is 6.82. The van der Waals surface area contributed by atoms with Crippen LogP contribution in [0, 0.1) is 0 Å². The molecule has 4 aliphatic rings. The Morgan fingerprint density at radius 1 is 0.786 bits per heavy atom. The van der Waals surface area contributed by atoms with Gasteiger partial charge >= 0.3 is 0 Å². The fourth-order valence-electron chi connectivity index (χ4n) is 1.45. The van der Waals surface area contributed by atoms with E-state index in [-0.39, 0.29) is 0 Å². The molecule has 0 bridgehead atoms. The van der Waals surface area contributed by atoms with Crippen LogP contribution in [0.4, 0.5) is 0 Å². The van der Waals surface area contributed by atoms with E-state index >= 15 is 0 Å². The van der Waals surface area contributed by atoms with Crippen molar-refractivity contribution in [2.45, 2.75) is 0 Å². The molecule has 0 radical (unpaired) electrons. The molecule has 0 amide bonds. The van der Waals surface area contributed by atoms with Crippen molar-refractivity contribution in [3.8, 4) is 0 Å². The molecule has 4 heterocycles. The van der Waals surface area contributed by atoms with Crippen molar-refractivity contribution in [2.75, 3.05) is 52.4 Å². The molecular formula is C8H17N4PS. The van der Waals surface area contributed by atoms with Gasteiger partial charge in [-0.3, -0.25) is 0 Å². The standard InChI is InChI=1S/C6H12N3PS.C2H5N/c11-10(7-1-2-7,8-3-4-8)9-5-6-9;1-2-3-1/h1-6H2;3H,1-2H2. The summed E-state index contributed by atoms with van der Waals surface area (Å²) < 4.78 is 7.47. The van der Waals surface area contributed by atoms with Gasteiger partial charge in [0.1, 0.15) is 6.49 Å². The van der Waals surface area contributed by atoms with Gasteiger partial charge < -0.3 is 5.32 Å². The Kier molecular flexibility index (Phi) is 2.43. The average Bonchev–Trinajstić information content (AvgIpc) is 3.15. The molecule has 0 spiro atoms. The van der Waals surface area contributed by atoms with Gasteiger partial charge in [0.05, 0.1) is 0 Å². The van der Waals surface area contributed by atoms with Crippen molar-refractivity contribution < 1.29 is 0 Å². The summed E-state index contributed by atoms with van der Waals surface area (Å²) in [5, 5.41) is 3.00. The Labute approximate surface area is 90.4 Å². The van der Waals surface area contributed by atoms with Crippen LogP contribution in [0.5, 0.6) is 0 Å². The molecule has 0 saturated carbocycles. The molecule has 6 heteroatoms. The highest BCUT2D eigenvalue weighted by Gasteiger charge is 2.50. The molecule has 0 aromatic rings. The minimum Gasteiger partial charge on any atom is -0.314 e. The number of hydrogen-bond donors (Lipinski definition) is 1. The second-order valence-electron chi connectivity index (χ2n) is 4.12. The molecule has 0 unspecified atom stereocenters. The summed E-state index contributed by atoms with van der Waals surface area (Å²) >= 11 is 5.75. The summed E-state index contributed by atoms with van der Waals surface area (Å²) in [5.41, 5.74) is 0. The molecule has 4 rings (SSSR count). The zero-order valence-electron chi connectivity index (χ0n) is 8.35. The summed E-state index contributed by atoms with van der Waals surface area (Å²) in [7, 11) is 0. The Hall–Kier alpha value is 0.490. The smallest absolute Gasteiger partial charge is 0.145 e. The van der Waals surface area contributed by atoms with Gasteiger partial charge in [0.2, 0.25) is 0 Å². The summed E-state index contributed by atoms with van der Waals surface area (Å²) in [4.78, 5) is 0. The lowest BCUT2D eigenvalue weighted by Crippen LogP contribution is -2.11. The monoisotopic (exact) mass is 232 g/mol. The average molecular weight is 232 g/mol. The summed E-state index contributed by atoms with van der Waals surface area (Å²) in [6, 6.07) is 0. The fraction of sp³-hybridized carbons (Fsp3) is 1.00. The molecule has 80 valence electrons. The highest BCUT2D eigenvalue weighted by molar-refractivity contribution is 8.11. The first kappa shape index (κ1) is 9.70. The Balaban J connectivity index is 0.000000184. The molecule has 4 fully saturated rings. The van der Waals surface area contributed by atoms with Crippen molar-refractivity contribution in [1.82, 2.24) is 19.3 Å². The van der Waals surface area contributed by atoms with Gasteiger partial charge in [0, 0.05) is 52.4 Å². The van der Waals surface area contributed by atoms with Crippen LogP contribution < -0.4 is 5.32 Å². The van der Waals surface area contributed by atoms with E-state index in [0.717, 1.165) is 0 Å². The number of nitrogens with one attached hydrogen (secondary N) is 1. The predicted molar refractivity (Wildman–Crippen MR) is 61.9 cm³/mol. The third-order valence-electron chi connectivity index (χ3n) is 2.63. The molecule has 14 heavy (non-hydrogen) atoms. The van der Waals surface area contributed by atoms with Crippen LogP contribution in [0.25, 0.3) is 0 Å². The Bertz CT molecular complexity index is 230. The van der Waals surface area contributed by atoms with E-state index in [1.165, 1.54) is 52.4 Å². The van der Waals surface area contributed by atoms with Crippen molar-refractivity contribution in [3.63, 3.8) is 0 Å². The minimum atomic E-state index is -1.27. The largest absolute Gasteiger partial charge is 0.314 e. The molecule has 0 aromatic heterocycles. The first-order valence-electron chi connectivity index (χ1n) is 5.39. The fourth-order valence-corrected chi connectivity index (χ4v) is 5.83. The summed E-state index contributed by atoms with van der Waals surface area (Å²) in [6.07, 6.45) is 0. The quantitative estimate of drug-likeness (QED) is 0.535. The van der Waals surface area contributed by atoms with E-state index in [1.807, 2.05) is 0 Å². The molecular weight excluding hydrogens is 215 g/mol. The van der Waals surface area contributed by atoms with Crippen molar-refractivity contribution >= 4 is 18.3 Å². The van der Waals surface area contributed by atoms with Gasteiger partial charge in [-0.15, -0.1) is 0 Å². The topological polar surface area (TPSA) is 31.0 Å². The van der Waals surface area contributed by atoms with Gasteiger partial charge in [-0.2, -0.15) is 0 Å². The van der Waals surface area contributed by atoms with Gasteiger partial charge in [-0.1, -0.05) is 0 Å². The predicted octanol–water partition coefficient (Wildman–Crippen LogP) is -0.253. The van der Waals surface area contributed by atoms with Crippen LogP contribution in [-0.2, 0) is 11.8 Å². The van der Waals surface area contributed by atoms with Crippen LogP contribution >= 0.6 is 6.49 Å². The maximum atomic E-state index is 5.75. The second-order valence-corrected chi connectivity index (χ2v) is 8.32. The second kappa shape index (κ2) is 3.51. The van der Waals surface area contributed by atoms with Crippen LogP contribution in [0.15, 0.2) is 0 Å². The molecule has 4 aliphatic heterocycles. The van der Waals surface area contributed by atoms with Crippen molar-refractivity contribution in [1.29, 1.82) is 0 Å².